The van der Waals surface area contributed by atoms with E-state index in [0.717, 1.165) is 66.9 Å². The minimum Gasteiger partial charge on any atom is -0.353 e. The molecule has 1 aliphatic heterocycles. The van der Waals surface area contributed by atoms with Crippen molar-refractivity contribution in [1.29, 1.82) is 5.26 Å². The van der Waals surface area contributed by atoms with Gasteiger partial charge in [-0.2, -0.15) is 5.26 Å². The number of carbonyl (C=O) groups is 1. The number of aromatic nitrogens is 1. The van der Waals surface area contributed by atoms with E-state index < -0.39 is 0 Å². The fraction of sp³-hybridized carbons (Fsp3) is 0.292. The van der Waals surface area contributed by atoms with Gasteiger partial charge in [-0.25, -0.2) is 4.98 Å². The van der Waals surface area contributed by atoms with Gasteiger partial charge in [-0.05, 0) is 42.7 Å². The highest BCUT2D eigenvalue weighted by molar-refractivity contribution is 5.94. The van der Waals surface area contributed by atoms with E-state index in [4.69, 9.17) is 4.98 Å². The predicted octanol–water partition coefficient (Wildman–Crippen LogP) is 3.83. The molecule has 2 aliphatic rings. The van der Waals surface area contributed by atoms with Gasteiger partial charge in [0.2, 0.25) is 5.91 Å². The van der Waals surface area contributed by atoms with Crippen LogP contribution in [0, 0.1) is 17.2 Å². The highest BCUT2D eigenvalue weighted by Gasteiger charge is 2.34. The number of piperazine rings is 1. The van der Waals surface area contributed by atoms with Gasteiger partial charge in [0.1, 0.15) is 5.82 Å². The van der Waals surface area contributed by atoms with E-state index in [0.29, 0.717) is 11.5 Å². The summed E-state index contributed by atoms with van der Waals surface area (Å²) in [6.07, 6.45) is 2.11. The zero-order chi connectivity index (χ0) is 19.8. The molecule has 29 heavy (non-hydrogen) atoms. The fourth-order valence-corrected chi connectivity index (χ4v) is 4.05. The number of para-hydroxylation sites is 1. The summed E-state index contributed by atoms with van der Waals surface area (Å²) in [5, 5.41) is 10.3. The molecule has 0 N–H and O–H groups in total. The first-order valence-corrected chi connectivity index (χ1v) is 10.2. The van der Waals surface area contributed by atoms with Gasteiger partial charge in [0.25, 0.3) is 0 Å². The van der Waals surface area contributed by atoms with Crippen LogP contribution in [0.1, 0.15) is 18.4 Å². The summed E-state index contributed by atoms with van der Waals surface area (Å²) >= 11 is 0. The maximum atomic E-state index is 12.3. The average molecular weight is 382 g/mol. The summed E-state index contributed by atoms with van der Waals surface area (Å²) in [6, 6.07) is 20.2. The molecule has 2 aromatic carbocycles. The Labute approximate surface area is 170 Å². The van der Waals surface area contributed by atoms with Gasteiger partial charge in [0, 0.05) is 43.0 Å². The number of carbonyl (C=O) groups excluding carboxylic acids is 1. The van der Waals surface area contributed by atoms with Crippen molar-refractivity contribution >= 4 is 22.6 Å². The maximum absolute atomic E-state index is 12.3. The number of benzene rings is 2. The number of anilines is 1. The van der Waals surface area contributed by atoms with Crippen molar-refractivity contribution in [1.82, 2.24) is 9.88 Å². The molecule has 1 aliphatic carbocycles. The van der Waals surface area contributed by atoms with Crippen molar-refractivity contribution in [2.45, 2.75) is 12.8 Å². The Morgan fingerprint density at radius 3 is 2.55 bits per heavy atom. The van der Waals surface area contributed by atoms with Gasteiger partial charge < -0.3 is 9.80 Å². The summed E-state index contributed by atoms with van der Waals surface area (Å²) in [7, 11) is 0. The first-order chi connectivity index (χ1) is 14.2. The standard InChI is InChI=1S/C24H22N4O/c25-16-17-3-1-5-20(15-17)21-6-2-4-18-9-10-22(26-23(18)21)27-11-13-28(14-12-27)24(29)19-7-8-19/h1-6,9-10,15,19H,7-8,11-14H2. The van der Waals surface area contributed by atoms with Crippen molar-refractivity contribution in [3.05, 3.63) is 60.2 Å². The lowest BCUT2D eigenvalue weighted by molar-refractivity contribution is -0.132. The minimum atomic E-state index is 0.284. The molecule has 5 heteroatoms. The molecule has 144 valence electrons. The Balaban J connectivity index is 1.44. The topological polar surface area (TPSA) is 60.2 Å². The smallest absolute Gasteiger partial charge is 0.225 e. The molecule has 1 aromatic heterocycles. The Morgan fingerprint density at radius 1 is 1.00 bits per heavy atom. The van der Waals surface area contributed by atoms with E-state index in [1.165, 1.54) is 0 Å². The number of rotatable bonds is 3. The van der Waals surface area contributed by atoms with Gasteiger partial charge in [0.05, 0.1) is 17.1 Å². The number of fused-ring (bicyclic) bond motifs is 1. The largest absolute Gasteiger partial charge is 0.353 e. The number of amides is 1. The van der Waals surface area contributed by atoms with Crippen molar-refractivity contribution in [2.75, 3.05) is 31.1 Å². The molecule has 0 radical (unpaired) electrons. The van der Waals surface area contributed by atoms with Crippen LogP contribution in [-0.4, -0.2) is 42.0 Å². The van der Waals surface area contributed by atoms with Crippen LogP contribution >= 0.6 is 0 Å². The van der Waals surface area contributed by atoms with Gasteiger partial charge in [-0.15, -0.1) is 0 Å². The SMILES string of the molecule is N#Cc1cccc(-c2cccc3ccc(N4CCN(C(=O)C5CC5)CC4)nc23)c1. The van der Waals surface area contributed by atoms with Crippen LogP contribution in [0.25, 0.3) is 22.0 Å². The average Bonchev–Trinajstić information content (AvgIpc) is 3.63. The van der Waals surface area contributed by atoms with Crippen molar-refractivity contribution in [3.8, 4) is 17.2 Å². The molecular formula is C24H22N4O. The summed E-state index contributed by atoms with van der Waals surface area (Å²) < 4.78 is 0. The van der Waals surface area contributed by atoms with Crippen LogP contribution in [0.15, 0.2) is 54.6 Å². The summed E-state index contributed by atoms with van der Waals surface area (Å²) in [6.45, 7) is 3.15. The van der Waals surface area contributed by atoms with E-state index in [1.807, 2.05) is 35.2 Å². The van der Waals surface area contributed by atoms with E-state index in [2.05, 4.69) is 35.2 Å². The first kappa shape index (κ1) is 17.7. The number of pyridine rings is 1. The minimum absolute atomic E-state index is 0.284. The monoisotopic (exact) mass is 382 g/mol. The first-order valence-electron chi connectivity index (χ1n) is 10.2. The van der Waals surface area contributed by atoms with Crippen molar-refractivity contribution in [2.24, 2.45) is 5.92 Å². The lowest BCUT2D eigenvalue weighted by atomic mass is 10.0. The zero-order valence-corrected chi connectivity index (χ0v) is 16.2. The van der Waals surface area contributed by atoms with Crippen molar-refractivity contribution < 1.29 is 4.79 Å². The second kappa shape index (κ2) is 7.21. The Kier molecular flexibility index (Phi) is 4.40. The van der Waals surface area contributed by atoms with Gasteiger partial charge in [-0.3, -0.25) is 4.79 Å². The molecule has 1 saturated carbocycles. The van der Waals surface area contributed by atoms with E-state index in [-0.39, 0.29) is 5.92 Å². The number of nitriles is 1. The van der Waals surface area contributed by atoms with Crippen molar-refractivity contribution in [3.63, 3.8) is 0 Å². The molecule has 5 nitrogen and oxygen atoms in total. The molecular weight excluding hydrogens is 360 g/mol. The molecule has 2 heterocycles. The lowest BCUT2D eigenvalue weighted by Crippen LogP contribution is -2.49. The van der Waals surface area contributed by atoms with Gasteiger partial charge in [0.15, 0.2) is 0 Å². The van der Waals surface area contributed by atoms with Gasteiger partial charge in [-0.1, -0.05) is 30.3 Å². The molecule has 1 saturated heterocycles. The van der Waals surface area contributed by atoms with Crippen LogP contribution in [-0.2, 0) is 4.79 Å². The summed E-state index contributed by atoms with van der Waals surface area (Å²) in [5.41, 5.74) is 3.62. The van der Waals surface area contributed by atoms with E-state index in [1.54, 1.807) is 0 Å². The zero-order valence-electron chi connectivity index (χ0n) is 16.2. The fourth-order valence-electron chi connectivity index (χ4n) is 4.05. The second-order valence-corrected chi connectivity index (χ2v) is 7.83. The molecule has 0 spiro atoms. The van der Waals surface area contributed by atoms with Crippen LogP contribution < -0.4 is 4.90 Å². The molecule has 5 rings (SSSR count). The molecule has 0 bridgehead atoms. The maximum Gasteiger partial charge on any atom is 0.225 e. The lowest BCUT2D eigenvalue weighted by Gasteiger charge is -2.35. The third-order valence-electron chi connectivity index (χ3n) is 5.85. The quantitative estimate of drug-likeness (QED) is 0.691. The number of hydrogen-bond acceptors (Lipinski definition) is 4. The van der Waals surface area contributed by atoms with Crippen LogP contribution in [0.5, 0.6) is 0 Å². The summed E-state index contributed by atoms with van der Waals surface area (Å²) in [5.74, 6) is 1.56. The third-order valence-corrected chi connectivity index (χ3v) is 5.85. The van der Waals surface area contributed by atoms with E-state index in [9.17, 15) is 10.1 Å². The number of nitrogens with zero attached hydrogens (tertiary/aromatic N) is 4. The third kappa shape index (κ3) is 3.42. The highest BCUT2D eigenvalue weighted by atomic mass is 16.2. The van der Waals surface area contributed by atoms with E-state index >= 15 is 0 Å². The molecule has 2 fully saturated rings. The van der Waals surface area contributed by atoms with Crippen LogP contribution in [0.3, 0.4) is 0 Å². The molecule has 1 amide bonds. The molecule has 0 atom stereocenters. The molecule has 0 unspecified atom stereocenters. The number of hydrogen-bond donors (Lipinski definition) is 0. The Bertz CT molecular complexity index is 1120. The van der Waals surface area contributed by atoms with Crippen LogP contribution in [0.4, 0.5) is 5.82 Å². The second-order valence-electron chi connectivity index (χ2n) is 7.83. The normalized spacial score (nSPS) is 16.7. The Morgan fingerprint density at radius 2 is 1.79 bits per heavy atom. The molecule has 3 aromatic rings. The highest BCUT2D eigenvalue weighted by Crippen LogP contribution is 2.32. The van der Waals surface area contributed by atoms with Gasteiger partial charge >= 0.3 is 0 Å². The predicted molar refractivity (Wildman–Crippen MR) is 113 cm³/mol. The van der Waals surface area contributed by atoms with Crippen LogP contribution in [0.2, 0.25) is 0 Å². The Hall–Kier alpha value is -3.39. The summed E-state index contributed by atoms with van der Waals surface area (Å²) in [4.78, 5) is 21.6.